The maximum Gasteiger partial charge on any atom is 0.422 e. The molecule has 1 aromatic rings. The Bertz CT molecular complexity index is 512. The smallest absolute Gasteiger partial charge is 0.422 e. The fraction of sp³-hybridized carbons (Fsp3) is 0.333. The largest absolute Gasteiger partial charge is 0.479 e. The van der Waals surface area contributed by atoms with Crippen LogP contribution in [0, 0.1) is 5.82 Å². The summed E-state index contributed by atoms with van der Waals surface area (Å²) in [5, 5.41) is 10.1. The Labute approximate surface area is 111 Å². The van der Waals surface area contributed by atoms with Gasteiger partial charge >= 0.3 is 12.1 Å². The Morgan fingerprint density at radius 3 is 2.10 bits per heavy atom. The summed E-state index contributed by atoms with van der Waals surface area (Å²) in [6, 6.07) is 4.53. The van der Waals surface area contributed by atoms with Gasteiger partial charge in [-0.25, -0.2) is 9.18 Å². The molecule has 110 valence electrons. The fourth-order valence-corrected chi connectivity index (χ4v) is 1.36. The highest BCUT2D eigenvalue weighted by atomic mass is 19.4. The van der Waals surface area contributed by atoms with Crippen molar-refractivity contribution >= 4 is 11.9 Å². The first kappa shape index (κ1) is 15.9. The van der Waals surface area contributed by atoms with Gasteiger partial charge in [-0.2, -0.15) is 13.2 Å². The molecular weight excluding hydrogens is 282 g/mol. The summed E-state index contributed by atoms with van der Waals surface area (Å²) in [6.07, 6.45) is -5.63. The number of carbonyl (C=O) groups excluding carboxylic acids is 1. The topological polar surface area (TPSA) is 66.4 Å². The van der Waals surface area contributed by atoms with Crippen LogP contribution < -0.4 is 5.32 Å². The van der Waals surface area contributed by atoms with Crippen LogP contribution in [0.15, 0.2) is 24.3 Å². The molecule has 4 nitrogen and oxygen atoms in total. The van der Waals surface area contributed by atoms with Crippen LogP contribution in [0.1, 0.15) is 12.5 Å². The van der Waals surface area contributed by atoms with Crippen molar-refractivity contribution in [1.82, 2.24) is 5.32 Å². The first-order valence-corrected chi connectivity index (χ1v) is 5.42. The van der Waals surface area contributed by atoms with Crippen LogP contribution >= 0.6 is 0 Å². The van der Waals surface area contributed by atoms with Gasteiger partial charge in [0.25, 0.3) is 0 Å². The van der Waals surface area contributed by atoms with Crippen LogP contribution in [0.2, 0.25) is 0 Å². The van der Waals surface area contributed by atoms with E-state index in [0.717, 1.165) is 12.1 Å². The molecule has 20 heavy (non-hydrogen) atoms. The van der Waals surface area contributed by atoms with Crippen molar-refractivity contribution < 1.29 is 32.3 Å². The normalized spacial score (nSPS) is 14.4. The van der Waals surface area contributed by atoms with Gasteiger partial charge in [0.05, 0.1) is 6.42 Å². The first-order valence-electron chi connectivity index (χ1n) is 5.42. The third-order valence-electron chi connectivity index (χ3n) is 2.66. The van der Waals surface area contributed by atoms with E-state index >= 15 is 0 Å². The molecule has 0 aliphatic carbocycles. The first-order chi connectivity index (χ1) is 9.06. The van der Waals surface area contributed by atoms with Gasteiger partial charge in [0.15, 0.2) is 0 Å². The van der Waals surface area contributed by atoms with Crippen molar-refractivity contribution in [2.24, 2.45) is 0 Å². The standard InChI is InChI=1S/C12H11F4NO3/c1-11(10(19)20,12(14,15)16)17-9(18)6-7-2-4-8(13)5-3-7/h2-5H,6H2,1H3,(H,17,18)(H,19,20). The molecule has 0 aliphatic heterocycles. The van der Waals surface area contributed by atoms with Gasteiger partial charge in [-0.15, -0.1) is 0 Å². The average molecular weight is 293 g/mol. The lowest BCUT2D eigenvalue weighted by Crippen LogP contribution is -2.62. The van der Waals surface area contributed by atoms with Crippen LogP contribution in [0.3, 0.4) is 0 Å². The maximum absolute atomic E-state index is 12.7. The van der Waals surface area contributed by atoms with E-state index in [0.29, 0.717) is 6.92 Å². The molecule has 0 aromatic heterocycles. The molecule has 0 spiro atoms. The number of carbonyl (C=O) groups is 2. The summed E-state index contributed by atoms with van der Waals surface area (Å²) in [4.78, 5) is 22.2. The number of hydrogen-bond acceptors (Lipinski definition) is 2. The van der Waals surface area contributed by atoms with E-state index in [1.165, 1.54) is 17.4 Å². The van der Waals surface area contributed by atoms with E-state index in [1.54, 1.807) is 0 Å². The zero-order valence-electron chi connectivity index (χ0n) is 10.3. The molecule has 1 unspecified atom stereocenters. The highest BCUT2D eigenvalue weighted by molar-refractivity contribution is 5.88. The molecule has 0 saturated carbocycles. The van der Waals surface area contributed by atoms with Crippen molar-refractivity contribution in [3.8, 4) is 0 Å². The maximum atomic E-state index is 12.7. The summed E-state index contributed by atoms with van der Waals surface area (Å²) in [5.41, 5.74) is -3.11. The molecule has 8 heteroatoms. The van der Waals surface area contributed by atoms with Crippen LogP contribution in [-0.2, 0) is 16.0 Å². The monoisotopic (exact) mass is 293 g/mol. The van der Waals surface area contributed by atoms with Crippen molar-refractivity contribution in [1.29, 1.82) is 0 Å². The Kier molecular flexibility index (Phi) is 4.36. The SMILES string of the molecule is CC(NC(=O)Cc1ccc(F)cc1)(C(=O)O)C(F)(F)F. The number of alkyl halides is 3. The molecule has 0 radical (unpaired) electrons. The summed E-state index contributed by atoms with van der Waals surface area (Å²) < 4.78 is 50.6. The fourth-order valence-electron chi connectivity index (χ4n) is 1.36. The number of rotatable bonds is 4. The third-order valence-corrected chi connectivity index (χ3v) is 2.66. The van der Waals surface area contributed by atoms with Gasteiger partial charge in [-0.05, 0) is 24.6 Å². The van der Waals surface area contributed by atoms with Crippen molar-refractivity contribution in [3.05, 3.63) is 35.6 Å². The third kappa shape index (κ3) is 3.46. The molecule has 1 rings (SSSR count). The van der Waals surface area contributed by atoms with Crippen molar-refractivity contribution in [2.75, 3.05) is 0 Å². The molecular formula is C12H11F4NO3. The lowest BCUT2D eigenvalue weighted by Gasteiger charge is -2.28. The van der Waals surface area contributed by atoms with Crippen molar-refractivity contribution in [3.63, 3.8) is 0 Å². The summed E-state index contributed by atoms with van der Waals surface area (Å²) in [7, 11) is 0. The number of benzene rings is 1. The van der Waals surface area contributed by atoms with Crippen LogP contribution in [0.25, 0.3) is 0 Å². The Hall–Kier alpha value is -2.12. The lowest BCUT2D eigenvalue weighted by atomic mass is 10.0. The molecule has 1 aromatic carbocycles. The second-order valence-corrected chi connectivity index (χ2v) is 4.28. The van der Waals surface area contributed by atoms with Gasteiger partial charge in [-0.3, -0.25) is 4.79 Å². The number of aliphatic carboxylic acids is 1. The highest BCUT2D eigenvalue weighted by Crippen LogP contribution is 2.30. The molecule has 0 fully saturated rings. The lowest BCUT2D eigenvalue weighted by molar-refractivity contribution is -0.206. The number of carboxylic acid groups (broad SMARTS) is 1. The van der Waals surface area contributed by atoms with Gasteiger partial charge in [0.2, 0.25) is 11.4 Å². The Morgan fingerprint density at radius 2 is 1.70 bits per heavy atom. The predicted octanol–water partition coefficient (Wildman–Crippen LogP) is 1.89. The van der Waals surface area contributed by atoms with Crippen molar-refractivity contribution in [2.45, 2.75) is 25.1 Å². The van der Waals surface area contributed by atoms with Crippen LogP contribution in [0.5, 0.6) is 0 Å². The number of carboxylic acids is 1. The van der Waals surface area contributed by atoms with Crippen LogP contribution in [-0.4, -0.2) is 28.7 Å². The summed E-state index contributed by atoms with van der Waals surface area (Å²) in [6.45, 7) is 0.359. The molecule has 1 atom stereocenters. The minimum absolute atomic E-state index is 0.263. The highest BCUT2D eigenvalue weighted by Gasteiger charge is 2.58. The summed E-state index contributed by atoms with van der Waals surface area (Å²) in [5.74, 6) is -3.89. The van der Waals surface area contributed by atoms with Crippen LogP contribution in [0.4, 0.5) is 17.6 Å². The van der Waals surface area contributed by atoms with Gasteiger partial charge in [0, 0.05) is 0 Å². The van der Waals surface area contributed by atoms with E-state index in [2.05, 4.69) is 0 Å². The second kappa shape index (κ2) is 5.48. The molecule has 1 amide bonds. The Morgan fingerprint density at radius 1 is 1.20 bits per heavy atom. The number of nitrogens with one attached hydrogen (secondary N) is 1. The molecule has 2 N–H and O–H groups in total. The quantitative estimate of drug-likeness (QED) is 0.833. The minimum atomic E-state index is -5.14. The second-order valence-electron chi connectivity index (χ2n) is 4.28. The van der Waals surface area contributed by atoms with E-state index in [1.807, 2.05) is 0 Å². The van der Waals surface area contributed by atoms with E-state index in [4.69, 9.17) is 5.11 Å². The molecule has 0 bridgehead atoms. The molecule has 0 saturated heterocycles. The molecule has 0 heterocycles. The predicted molar refractivity (Wildman–Crippen MR) is 60.3 cm³/mol. The number of amides is 1. The van der Waals surface area contributed by atoms with Gasteiger partial charge < -0.3 is 10.4 Å². The zero-order chi connectivity index (χ0) is 15.6. The Balaban J connectivity index is 2.83. The number of hydrogen-bond donors (Lipinski definition) is 2. The van der Waals surface area contributed by atoms with Gasteiger partial charge in [-0.1, -0.05) is 12.1 Å². The number of halogens is 4. The minimum Gasteiger partial charge on any atom is -0.479 e. The zero-order valence-corrected chi connectivity index (χ0v) is 10.3. The van der Waals surface area contributed by atoms with Gasteiger partial charge in [0.1, 0.15) is 5.82 Å². The van der Waals surface area contributed by atoms with E-state index < -0.39 is 35.8 Å². The summed E-state index contributed by atoms with van der Waals surface area (Å²) >= 11 is 0. The van der Waals surface area contributed by atoms with E-state index in [9.17, 15) is 27.2 Å². The van der Waals surface area contributed by atoms with E-state index in [-0.39, 0.29) is 5.56 Å². The average Bonchev–Trinajstić information content (AvgIpc) is 2.30. The molecule has 0 aliphatic rings.